The Labute approximate surface area is 123 Å². The van der Waals surface area contributed by atoms with Crippen LogP contribution < -0.4 is 9.47 Å². The van der Waals surface area contributed by atoms with E-state index < -0.39 is 23.2 Å². The first kappa shape index (κ1) is 15.5. The molecular weight excluding hydrogens is 299 g/mol. The van der Waals surface area contributed by atoms with Crippen molar-refractivity contribution < 1.29 is 27.8 Å². The van der Waals surface area contributed by atoms with Crippen LogP contribution in [0.2, 0.25) is 0 Å². The predicted octanol–water partition coefficient (Wildman–Crippen LogP) is 3.85. The summed E-state index contributed by atoms with van der Waals surface area (Å²) in [4.78, 5) is 0. The van der Waals surface area contributed by atoms with E-state index in [1.807, 2.05) is 0 Å². The molecule has 0 saturated carbocycles. The van der Waals surface area contributed by atoms with Gasteiger partial charge >= 0.3 is 6.18 Å². The van der Waals surface area contributed by atoms with Crippen LogP contribution in [0.5, 0.6) is 17.2 Å². The maximum Gasteiger partial charge on any atom is 0.420 e. The van der Waals surface area contributed by atoms with E-state index in [1.165, 1.54) is 12.3 Å². The highest BCUT2D eigenvalue weighted by atomic mass is 19.4. The monoisotopic (exact) mass is 309 g/mol. The average molecular weight is 309 g/mol. The molecule has 0 aliphatic rings. The van der Waals surface area contributed by atoms with E-state index >= 15 is 0 Å². The standard InChI is InChI=1S/C15H10F3NO3/c16-15(17,18)12-7-11(20)5-6-14(12)21-8-10-3-1-2-4-13(10)22-9-19/h1-7,20H,8H2. The minimum absolute atomic E-state index is 0.206. The molecular formula is C15H10F3NO3. The van der Waals surface area contributed by atoms with E-state index in [0.717, 1.165) is 12.1 Å². The fourth-order valence-electron chi connectivity index (χ4n) is 1.79. The maximum absolute atomic E-state index is 12.9. The number of rotatable bonds is 4. The summed E-state index contributed by atoms with van der Waals surface area (Å²) in [5.74, 6) is -0.720. The topological polar surface area (TPSA) is 62.5 Å². The number of nitrogens with zero attached hydrogens (tertiary/aromatic N) is 1. The molecule has 0 fully saturated rings. The molecule has 0 saturated heterocycles. The zero-order valence-corrected chi connectivity index (χ0v) is 11.1. The Morgan fingerprint density at radius 3 is 2.50 bits per heavy atom. The van der Waals surface area contributed by atoms with Crippen LogP contribution in [0.1, 0.15) is 11.1 Å². The van der Waals surface area contributed by atoms with Crippen molar-refractivity contribution in [2.24, 2.45) is 0 Å². The molecule has 0 spiro atoms. The second-order valence-electron chi connectivity index (χ2n) is 4.27. The van der Waals surface area contributed by atoms with Gasteiger partial charge < -0.3 is 14.6 Å². The van der Waals surface area contributed by atoms with Gasteiger partial charge in [-0.25, -0.2) is 0 Å². The molecule has 0 atom stereocenters. The van der Waals surface area contributed by atoms with Gasteiger partial charge in [-0.1, -0.05) is 18.2 Å². The van der Waals surface area contributed by atoms with Gasteiger partial charge in [0.2, 0.25) is 0 Å². The number of hydrogen-bond acceptors (Lipinski definition) is 4. The number of nitriles is 1. The molecule has 7 heteroatoms. The third-order valence-electron chi connectivity index (χ3n) is 2.78. The van der Waals surface area contributed by atoms with Crippen LogP contribution in [-0.2, 0) is 12.8 Å². The highest BCUT2D eigenvalue weighted by Gasteiger charge is 2.34. The maximum atomic E-state index is 12.9. The second-order valence-corrected chi connectivity index (χ2v) is 4.27. The highest BCUT2D eigenvalue weighted by Crippen LogP contribution is 2.38. The molecule has 0 aromatic heterocycles. The van der Waals surface area contributed by atoms with Crippen LogP contribution in [-0.4, -0.2) is 5.11 Å². The molecule has 2 rings (SSSR count). The summed E-state index contributed by atoms with van der Waals surface area (Å²) in [6.07, 6.45) is -3.16. The van der Waals surface area contributed by atoms with E-state index in [1.54, 1.807) is 18.2 Å². The predicted molar refractivity (Wildman–Crippen MR) is 70.1 cm³/mol. The Balaban J connectivity index is 2.25. The lowest BCUT2D eigenvalue weighted by atomic mass is 10.1. The number of ether oxygens (including phenoxy) is 2. The molecule has 2 aromatic carbocycles. The molecule has 0 unspecified atom stereocenters. The van der Waals surface area contributed by atoms with E-state index in [-0.39, 0.29) is 12.4 Å². The number of alkyl halides is 3. The van der Waals surface area contributed by atoms with Gasteiger partial charge in [0.05, 0.1) is 0 Å². The van der Waals surface area contributed by atoms with Gasteiger partial charge in [-0.2, -0.15) is 13.2 Å². The number of benzene rings is 2. The SMILES string of the molecule is N#COc1ccccc1COc1ccc(O)cc1C(F)(F)F. The molecule has 114 valence electrons. The van der Waals surface area contributed by atoms with Crippen LogP contribution in [0, 0.1) is 11.5 Å². The molecule has 22 heavy (non-hydrogen) atoms. The van der Waals surface area contributed by atoms with Gasteiger partial charge in [-0.05, 0) is 24.3 Å². The first-order valence-electron chi connectivity index (χ1n) is 6.08. The summed E-state index contributed by atoms with van der Waals surface area (Å²) in [7, 11) is 0. The minimum Gasteiger partial charge on any atom is -0.508 e. The third kappa shape index (κ3) is 3.61. The average Bonchev–Trinajstić information content (AvgIpc) is 2.46. The zero-order valence-electron chi connectivity index (χ0n) is 11.1. The molecule has 0 aliphatic carbocycles. The van der Waals surface area contributed by atoms with Crippen molar-refractivity contribution in [2.75, 3.05) is 0 Å². The van der Waals surface area contributed by atoms with Gasteiger partial charge in [-0.15, -0.1) is 5.26 Å². The summed E-state index contributed by atoms with van der Waals surface area (Å²) in [6.45, 7) is -0.217. The van der Waals surface area contributed by atoms with E-state index in [2.05, 4.69) is 0 Å². The van der Waals surface area contributed by atoms with Crippen LogP contribution in [0.3, 0.4) is 0 Å². The molecule has 0 heterocycles. The van der Waals surface area contributed by atoms with Crippen LogP contribution in [0.15, 0.2) is 42.5 Å². The number of aromatic hydroxyl groups is 1. The van der Waals surface area contributed by atoms with Crippen LogP contribution in [0.4, 0.5) is 13.2 Å². The Morgan fingerprint density at radius 1 is 1.09 bits per heavy atom. The normalized spacial score (nSPS) is 10.8. The van der Waals surface area contributed by atoms with Gasteiger partial charge in [0.15, 0.2) is 0 Å². The first-order valence-corrected chi connectivity index (χ1v) is 6.08. The third-order valence-corrected chi connectivity index (χ3v) is 2.78. The Morgan fingerprint density at radius 2 is 1.82 bits per heavy atom. The summed E-state index contributed by atoms with van der Waals surface area (Å²) in [5, 5.41) is 17.7. The van der Waals surface area contributed by atoms with Crippen molar-refractivity contribution in [1.82, 2.24) is 0 Å². The summed E-state index contributed by atoms with van der Waals surface area (Å²) < 4.78 is 48.6. The lowest BCUT2D eigenvalue weighted by Gasteiger charge is -2.15. The fraction of sp³-hybridized carbons (Fsp3) is 0.133. The van der Waals surface area contributed by atoms with Crippen molar-refractivity contribution in [3.8, 4) is 23.5 Å². The molecule has 1 N–H and O–H groups in total. The van der Waals surface area contributed by atoms with Gasteiger partial charge in [0.25, 0.3) is 6.26 Å². The number of hydrogen-bond donors (Lipinski definition) is 1. The lowest BCUT2D eigenvalue weighted by molar-refractivity contribution is -0.139. The number of phenolic OH excluding ortho intramolecular Hbond substituents is 1. The molecule has 0 amide bonds. The first-order chi connectivity index (χ1) is 10.4. The van der Waals surface area contributed by atoms with Crippen molar-refractivity contribution in [3.63, 3.8) is 0 Å². The van der Waals surface area contributed by atoms with Crippen molar-refractivity contribution in [1.29, 1.82) is 5.26 Å². The van der Waals surface area contributed by atoms with E-state index in [9.17, 15) is 18.3 Å². The van der Waals surface area contributed by atoms with Crippen molar-refractivity contribution in [2.45, 2.75) is 12.8 Å². The summed E-state index contributed by atoms with van der Waals surface area (Å²) in [6, 6.07) is 9.06. The highest BCUT2D eigenvalue weighted by molar-refractivity contribution is 5.42. The molecule has 0 aliphatic heterocycles. The summed E-state index contributed by atoms with van der Waals surface area (Å²) in [5.41, 5.74) is -0.656. The fourth-order valence-corrected chi connectivity index (χ4v) is 1.79. The Bertz CT molecular complexity index is 708. The number of para-hydroxylation sites is 1. The smallest absolute Gasteiger partial charge is 0.420 e. The quantitative estimate of drug-likeness (QED) is 0.871. The molecule has 2 aromatic rings. The van der Waals surface area contributed by atoms with Gasteiger partial charge in [0.1, 0.15) is 29.4 Å². The van der Waals surface area contributed by atoms with Crippen molar-refractivity contribution >= 4 is 0 Å². The summed E-state index contributed by atoms with van der Waals surface area (Å²) >= 11 is 0. The van der Waals surface area contributed by atoms with Crippen LogP contribution in [0.25, 0.3) is 0 Å². The van der Waals surface area contributed by atoms with Crippen LogP contribution >= 0.6 is 0 Å². The molecule has 0 radical (unpaired) electrons. The minimum atomic E-state index is -4.66. The van der Waals surface area contributed by atoms with E-state index in [4.69, 9.17) is 14.7 Å². The Kier molecular flexibility index (Phi) is 4.41. The van der Waals surface area contributed by atoms with Gasteiger partial charge in [0, 0.05) is 5.56 Å². The Hall–Kier alpha value is -2.88. The van der Waals surface area contributed by atoms with Crippen molar-refractivity contribution in [3.05, 3.63) is 53.6 Å². The van der Waals surface area contributed by atoms with E-state index in [0.29, 0.717) is 11.6 Å². The largest absolute Gasteiger partial charge is 0.508 e. The number of phenols is 1. The van der Waals surface area contributed by atoms with Gasteiger partial charge in [-0.3, -0.25) is 0 Å². The zero-order chi connectivity index (χ0) is 16.2. The molecule has 4 nitrogen and oxygen atoms in total. The lowest BCUT2D eigenvalue weighted by Crippen LogP contribution is -2.09. The number of halogens is 3. The molecule has 0 bridgehead atoms. The second kappa shape index (κ2) is 6.26.